The summed E-state index contributed by atoms with van der Waals surface area (Å²) in [6, 6.07) is 5.11. The molecule has 0 aliphatic carbocycles. The number of aldehydes is 1. The highest BCUT2D eigenvalue weighted by Crippen LogP contribution is 2.27. The number of hydrogen-bond donors (Lipinski definition) is 0. The molecule has 0 atom stereocenters. The molecule has 17 heavy (non-hydrogen) atoms. The standard InChI is InChI=1S/C13H18O4/c1-15-7-3-4-8-17-13-9-11(10-14)5-6-12(13)16-2/h5-6,9-10H,3-4,7-8H2,1-2H3. The van der Waals surface area contributed by atoms with E-state index in [2.05, 4.69) is 0 Å². The predicted molar refractivity (Wildman–Crippen MR) is 65.0 cm³/mol. The number of hydrogen-bond acceptors (Lipinski definition) is 4. The van der Waals surface area contributed by atoms with Crippen molar-refractivity contribution in [2.24, 2.45) is 0 Å². The van der Waals surface area contributed by atoms with Crippen LogP contribution in [0.25, 0.3) is 0 Å². The first-order chi connectivity index (χ1) is 8.31. The highest BCUT2D eigenvalue weighted by atomic mass is 16.5. The second kappa shape index (κ2) is 7.68. The third kappa shape index (κ3) is 4.44. The number of rotatable bonds is 8. The van der Waals surface area contributed by atoms with E-state index in [4.69, 9.17) is 14.2 Å². The lowest BCUT2D eigenvalue weighted by molar-refractivity contribution is 0.112. The molecule has 0 heterocycles. The SMILES string of the molecule is COCCCCOc1cc(C=O)ccc1OC. The van der Waals surface area contributed by atoms with Crippen molar-refractivity contribution in [2.45, 2.75) is 12.8 Å². The van der Waals surface area contributed by atoms with Crippen molar-refractivity contribution >= 4 is 6.29 Å². The van der Waals surface area contributed by atoms with Crippen LogP contribution in [0.4, 0.5) is 0 Å². The van der Waals surface area contributed by atoms with E-state index in [1.165, 1.54) is 0 Å². The molecular formula is C13H18O4. The first-order valence-electron chi connectivity index (χ1n) is 5.56. The summed E-state index contributed by atoms with van der Waals surface area (Å²) < 4.78 is 15.7. The maximum Gasteiger partial charge on any atom is 0.161 e. The molecule has 0 saturated heterocycles. The summed E-state index contributed by atoms with van der Waals surface area (Å²) in [6.07, 6.45) is 2.64. The molecule has 0 bridgehead atoms. The Morgan fingerprint density at radius 2 is 1.88 bits per heavy atom. The van der Waals surface area contributed by atoms with Gasteiger partial charge in [0, 0.05) is 19.3 Å². The van der Waals surface area contributed by atoms with Gasteiger partial charge in [0.25, 0.3) is 0 Å². The Morgan fingerprint density at radius 3 is 2.53 bits per heavy atom. The highest BCUT2D eigenvalue weighted by Gasteiger charge is 2.05. The van der Waals surface area contributed by atoms with Gasteiger partial charge in [-0.15, -0.1) is 0 Å². The average Bonchev–Trinajstić information content (AvgIpc) is 2.38. The molecular weight excluding hydrogens is 220 g/mol. The van der Waals surface area contributed by atoms with Gasteiger partial charge in [0.1, 0.15) is 6.29 Å². The molecule has 0 aliphatic rings. The zero-order chi connectivity index (χ0) is 12.5. The third-order valence-corrected chi connectivity index (χ3v) is 2.32. The lowest BCUT2D eigenvalue weighted by atomic mass is 10.2. The molecule has 1 aromatic carbocycles. The van der Waals surface area contributed by atoms with Crippen molar-refractivity contribution in [3.05, 3.63) is 23.8 Å². The topological polar surface area (TPSA) is 44.8 Å². The van der Waals surface area contributed by atoms with E-state index in [1.54, 1.807) is 32.4 Å². The quantitative estimate of drug-likeness (QED) is 0.515. The van der Waals surface area contributed by atoms with E-state index in [-0.39, 0.29) is 0 Å². The highest BCUT2D eigenvalue weighted by molar-refractivity contribution is 5.76. The van der Waals surface area contributed by atoms with Crippen LogP contribution >= 0.6 is 0 Å². The van der Waals surface area contributed by atoms with Gasteiger partial charge in [-0.05, 0) is 31.0 Å². The summed E-state index contributed by atoms with van der Waals surface area (Å²) in [5.74, 6) is 1.25. The second-order valence-corrected chi connectivity index (χ2v) is 3.58. The summed E-state index contributed by atoms with van der Waals surface area (Å²) in [7, 11) is 3.26. The monoisotopic (exact) mass is 238 g/mol. The van der Waals surface area contributed by atoms with Crippen LogP contribution in [-0.4, -0.2) is 33.7 Å². The summed E-state index contributed by atoms with van der Waals surface area (Å²) in [5, 5.41) is 0. The number of ether oxygens (including phenoxy) is 3. The second-order valence-electron chi connectivity index (χ2n) is 3.58. The van der Waals surface area contributed by atoms with Crippen LogP contribution in [0.15, 0.2) is 18.2 Å². The van der Waals surface area contributed by atoms with Gasteiger partial charge in [0.05, 0.1) is 13.7 Å². The molecule has 0 fully saturated rings. The summed E-state index contributed by atoms with van der Waals surface area (Å²) in [4.78, 5) is 10.7. The molecule has 0 unspecified atom stereocenters. The number of carbonyl (C=O) groups is 1. The zero-order valence-corrected chi connectivity index (χ0v) is 10.3. The van der Waals surface area contributed by atoms with Gasteiger partial charge < -0.3 is 14.2 Å². The molecule has 1 aromatic rings. The molecule has 0 saturated carbocycles. The molecule has 0 amide bonds. The first-order valence-corrected chi connectivity index (χ1v) is 5.56. The Morgan fingerprint density at radius 1 is 1.12 bits per heavy atom. The Kier molecular flexibility index (Phi) is 6.10. The van der Waals surface area contributed by atoms with Crippen molar-refractivity contribution in [3.8, 4) is 11.5 Å². The zero-order valence-electron chi connectivity index (χ0n) is 10.3. The molecule has 0 aromatic heterocycles. The fourth-order valence-electron chi connectivity index (χ4n) is 1.41. The predicted octanol–water partition coefficient (Wildman–Crippen LogP) is 2.31. The van der Waals surface area contributed by atoms with Crippen LogP contribution in [-0.2, 0) is 4.74 Å². The smallest absolute Gasteiger partial charge is 0.161 e. The normalized spacial score (nSPS) is 10.0. The van der Waals surface area contributed by atoms with Gasteiger partial charge in [-0.2, -0.15) is 0 Å². The number of benzene rings is 1. The van der Waals surface area contributed by atoms with E-state index in [1.807, 2.05) is 0 Å². The molecule has 4 heteroatoms. The van der Waals surface area contributed by atoms with Gasteiger partial charge >= 0.3 is 0 Å². The summed E-state index contributed by atoms with van der Waals surface area (Å²) in [6.45, 7) is 1.32. The fourth-order valence-corrected chi connectivity index (χ4v) is 1.41. The molecule has 1 rings (SSSR count). The van der Waals surface area contributed by atoms with Crippen LogP contribution in [0.1, 0.15) is 23.2 Å². The molecule has 94 valence electrons. The summed E-state index contributed by atoms with van der Waals surface area (Å²) in [5.41, 5.74) is 0.581. The van der Waals surface area contributed by atoms with Crippen LogP contribution in [0.2, 0.25) is 0 Å². The molecule has 0 aliphatic heterocycles. The molecule has 0 N–H and O–H groups in total. The summed E-state index contributed by atoms with van der Waals surface area (Å²) >= 11 is 0. The van der Waals surface area contributed by atoms with E-state index < -0.39 is 0 Å². The number of carbonyl (C=O) groups excluding carboxylic acids is 1. The van der Waals surface area contributed by atoms with Gasteiger partial charge in [0.2, 0.25) is 0 Å². The Labute approximate surface area is 101 Å². The largest absolute Gasteiger partial charge is 0.493 e. The number of methoxy groups -OCH3 is 2. The van der Waals surface area contributed by atoms with Gasteiger partial charge in [-0.3, -0.25) is 4.79 Å². The minimum Gasteiger partial charge on any atom is -0.493 e. The van der Waals surface area contributed by atoms with Crippen molar-refractivity contribution in [1.29, 1.82) is 0 Å². The van der Waals surface area contributed by atoms with Crippen LogP contribution < -0.4 is 9.47 Å². The Balaban J connectivity index is 2.52. The molecule has 0 radical (unpaired) electrons. The lowest BCUT2D eigenvalue weighted by Gasteiger charge is -2.10. The van der Waals surface area contributed by atoms with Crippen molar-refractivity contribution in [3.63, 3.8) is 0 Å². The van der Waals surface area contributed by atoms with Crippen molar-refractivity contribution in [1.82, 2.24) is 0 Å². The van der Waals surface area contributed by atoms with Crippen molar-refractivity contribution in [2.75, 3.05) is 27.4 Å². The van der Waals surface area contributed by atoms with Gasteiger partial charge in [0.15, 0.2) is 11.5 Å². The van der Waals surface area contributed by atoms with Crippen LogP contribution in [0.3, 0.4) is 0 Å². The van der Waals surface area contributed by atoms with E-state index in [9.17, 15) is 4.79 Å². The van der Waals surface area contributed by atoms with E-state index >= 15 is 0 Å². The van der Waals surface area contributed by atoms with Crippen LogP contribution in [0.5, 0.6) is 11.5 Å². The molecule has 4 nitrogen and oxygen atoms in total. The maximum absolute atomic E-state index is 10.7. The minimum atomic E-state index is 0.581. The lowest BCUT2D eigenvalue weighted by Crippen LogP contribution is -2.01. The number of unbranched alkanes of at least 4 members (excludes halogenated alkanes) is 1. The maximum atomic E-state index is 10.7. The van der Waals surface area contributed by atoms with Crippen LogP contribution in [0, 0.1) is 0 Å². The fraction of sp³-hybridized carbons (Fsp3) is 0.462. The van der Waals surface area contributed by atoms with E-state index in [0.717, 1.165) is 25.7 Å². The van der Waals surface area contributed by atoms with Gasteiger partial charge in [-0.1, -0.05) is 0 Å². The van der Waals surface area contributed by atoms with Crippen molar-refractivity contribution < 1.29 is 19.0 Å². The average molecular weight is 238 g/mol. The minimum absolute atomic E-state index is 0.581. The third-order valence-electron chi connectivity index (χ3n) is 2.32. The Hall–Kier alpha value is -1.55. The first kappa shape index (κ1) is 13.5. The van der Waals surface area contributed by atoms with E-state index in [0.29, 0.717) is 23.7 Å². The molecule has 0 spiro atoms. The van der Waals surface area contributed by atoms with Gasteiger partial charge in [-0.25, -0.2) is 0 Å². The Bertz CT molecular complexity index is 349.